The normalized spacial score (nSPS) is 27.0. The fourth-order valence-electron chi connectivity index (χ4n) is 4.41. The molecule has 178 valence electrons. The molecule has 5 atom stereocenters. The number of hydrogen-bond acceptors (Lipinski definition) is 5. The van der Waals surface area contributed by atoms with E-state index in [0.717, 1.165) is 22.3 Å². The summed E-state index contributed by atoms with van der Waals surface area (Å²) >= 11 is 0. The van der Waals surface area contributed by atoms with E-state index in [-0.39, 0.29) is 13.2 Å². The molecule has 1 fully saturated rings. The molecule has 2 aliphatic heterocycles. The topological polar surface area (TPSA) is 46.2 Å². The summed E-state index contributed by atoms with van der Waals surface area (Å²) < 4.78 is 45.8. The number of ether oxygens (including phenoxy) is 5. The smallest absolute Gasteiger partial charge is 0.228 e. The minimum atomic E-state index is -1.66. The van der Waals surface area contributed by atoms with Crippen LogP contribution >= 0.6 is 0 Å². The van der Waals surface area contributed by atoms with Gasteiger partial charge in [-0.25, -0.2) is 4.39 Å². The van der Waals surface area contributed by atoms with Crippen LogP contribution in [0.5, 0.6) is 0 Å². The molecule has 0 aromatic heterocycles. The zero-order valence-electron chi connectivity index (χ0n) is 18.9. The van der Waals surface area contributed by atoms with Gasteiger partial charge < -0.3 is 23.7 Å². The molecule has 0 amide bonds. The second-order valence-electron chi connectivity index (χ2n) is 8.61. The molecule has 2 aliphatic rings. The maximum atomic E-state index is 15.3. The fourth-order valence-corrected chi connectivity index (χ4v) is 4.41. The highest BCUT2D eigenvalue weighted by Crippen LogP contribution is 2.32. The van der Waals surface area contributed by atoms with Crippen LogP contribution in [0.4, 0.5) is 4.39 Å². The van der Waals surface area contributed by atoms with Crippen molar-refractivity contribution in [3.05, 3.63) is 107 Å². The maximum absolute atomic E-state index is 15.3. The summed E-state index contributed by atoms with van der Waals surface area (Å²) in [5.41, 5.74) is 4.02. The maximum Gasteiger partial charge on any atom is 0.228 e. The summed E-state index contributed by atoms with van der Waals surface area (Å²) in [6, 6.07) is 27.5. The Morgan fingerprint density at radius 2 is 1.26 bits per heavy atom. The Morgan fingerprint density at radius 1 is 0.706 bits per heavy atom. The van der Waals surface area contributed by atoms with E-state index in [0.29, 0.717) is 19.8 Å². The molecule has 6 heteroatoms. The molecule has 3 aromatic carbocycles. The quantitative estimate of drug-likeness (QED) is 0.516. The Hall–Kier alpha value is -2.61. The number of halogens is 1. The van der Waals surface area contributed by atoms with Gasteiger partial charge in [0.15, 0.2) is 0 Å². The molecule has 0 aliphatic carbocycles. The molecule has 2 unspecified atom stereocenters. The molecular formula is C28H29FO5. The van der Waals surface area contributed by atoms with E-state index in [1.54, 1.807) is 0 Å². The van der Waals surface area contributed by atoms with Crippen molar-refractivity contribution in [3.63, 3.8) is 0 Å². The van der Waals surface area contributed by atoms with Gasteiger partial charge in [-0.05, 0) is 22.3 Å². The van der Waals surface area contributed by atoms with E-state index >= 15 is 4.39 Å². The van der Waals surface area contributed by atoms with Gasteiger partial charge in [0, 0.05) is 0 Å². The van der Waals surface area contributed by atoms with E-state index in [1.165, 1.54) is 0 Å². The van der Waals surface area contributed by atoms with Crippen LogP contribution in [-0.2, 0) is 50.1 Å². The third-order valence-electron chi connectivity index (χ3n) is 6.24. The summed E-state index contributed by atoms with van der Waals surface area (Å²) in [5, 5.41) is 0. The molecule has 0 saturated carbocycles. The van der Waals surface area contributed by atoms with E-state index in [2.05, 4.69) is 0 Å². The molecular weight excluding hydrogens is 435 g/mol. The van der Waals surface area contributed by atoms with Gasteiger partial charge in [0.1, 0.15) is 24.4 Å². The predicted molar refractivity (Wildman–Crippen MR) is 124 cm³/mol. The largest absolute Gasteiger partial charge is 0.374 e. The lowest BCUT2D eigenvalue weighted by Crippen LogP contribution is -2.60. The fraction of sp³-hybridized carbons (Fsp3) is 0.357. The standard InChI is InChI=1S/C28H29FO5/c29-28-27(32-16-21-11-5-2-6-12-21)26-25(31-15-20-9-3-1-4-10-20)24(34-28)19-30-17-22-13-7-8-14-23(22)18-33-26/h1-14,24-28H,15-19H2/t24?,25-,26+,27?,28+/m0/s1. The van der Waals surface area contributed by atoms with Gasteiger partial charge in [0.05, 0.1) is 33.0 Å². The Bertz CT molecular complexity index is 1030. The number of alkyl halides is 1. The monoisotopic (exact) mass is 464 g/mol. The van der Waals surface area contributed by atoms with E-state index < -0.39 is 30.8 Å². The summed E-state index contributed by atoms with van der Waals surface area (Å²) in [4.78, 5) is 0. The van der Waals surface area contributed by atoms with Crippen molar-refractivity contribution in [1.82, 2.24) is 0 Å². The van der Waals surface area contributed by atoms with Gasteiger partial charge in [0.2, 0.25) is 6.36 Å². The number of benzene rings is 3. The van der Waals surface area contributed by atoms with Gasteiger partial charge >= 0.3 is 0 Å². The van der Waals surface area contributed by atoms with Gasteiger partial charge in [-0.15, -0.1) is 0 Å². The van der Waals surface area contributed by atoms with E-state index in [1.807, 2.05) is 84.9 Å². The van der Waals surface area contributed by atoms with Crippen LogP contribution < -0.4 is 0 Å². The minimum absolute atomic E-state index is 0.194. The first-order valence-corrected chi connectivity index (χ1v) is 11.6. The zero-order chi connectivity index (χ0) is 23.2. The van der Waals surface area contributed by atoms with Crippen LogP contribution in [0.2, 0.25) is 0 Å². The molecule has 0 N–H and O–H groups in total. The van der Waals surface area contributed by atoms with Crippen molar-refractivity contribution < 1.29 is 28.1 Å². The van der Waals surface area contributed by atoms with Crippen LogP contribution in [0.15, 0.2) is 84.9 Å². The lowest BCUT2D eigenvalue weighted by atomic mass is 9.98. The highest BCUT2D eigenvalue weighted by Gasteiger charge is 2.49. The van der Waals surface area contributed by atoms with E-state index in [4.69, 9.17) is 23.7 Å². The Morgan fingerprint density at radius 3 is 1.91 bits per heavy atom. The van der Waals surface area contributed by atoms with Gasteiger partial charge in [-0.3, -0.25) is 0 Å². The highest BCUT2D eigenvalue weighted by molar-refractivity contribution is 5.26. The molecule has 0 spiro atoms. The van der Waals surface area contributed by atoms with Crippen LogP contribution in [0.1, 0.15) is 22.3 Å². The molecule has 2 heterocycles. The summed E-state index contributed by atoms with van der Waals surface area (Å²) in [5.74, 6) is 0. The first-order chi connectivity index (χ1) is 16.8. The van der Waals surface area contributed by atoms with Gasteiger partial charge in [-0.1, -0.05) is 84.9 Å². The van der Waals surface area contributed by atoms with Crippen molar-refractivity contribution >= 4 is 0 Å². The first-order valence-electron chi connectivity index (χ1n) is 11.6. The zero-order valence-corrected chi connectivity index (χ0v) is 18.9. The molecule has 5 nitrogen and oxygen atoms in total. The van der Waals surface area contributed by atoms with Crippen LogP contribution in [0.25, 0.3) is 0 Å². The van der Waals surface area contributed by atoms with Crippen LogP contribution in [0, 0.1) is 0 Å². The molecule has 34 heavy (non-hydrogen) atoms. The summed E-state index contributed by atoms with van der Waals surface area (Å²) in [7, 11) is 0. The average Bonchev–Trinajstić information content (AvgIpc) is 2.88. The summed E-state index contributed by atoms with van der Waals surface area (Å²) in [6.45, 7) is 1.50. The lowest BCUT2D eigenvalue weighted by molar-refractivity contribution is -0.299. The number of fused-ring (bicyclic) bond motifs is 3. The van der Waals surface area contributed by atoms with Gasteiger partial charge in [0.25, 0.3) is 0 Å². The third kappa shape index (κ3) is 5.54. The van der Waals surface area contributed by atoms with Crippen LogP contribution in [-0.4, -0.2) is 37.4 Å². The van der Waals surface area contributed by atoms with Crippen molar-refractivity contribution in [2.75, 3.05) is 6.61 Å². The second-order valence-corrected chi connectivity index (χ2v) is 8.61. The summed E-state index contributed by atoms with van der Waals surface area (Å²) in [6.07, 6.45) is -4.45. The Balaban J connectivity index is 1.40. The van der Waals surface area contributed by atoms with Crippen LogP contribution in [0.3, 0.4) is 0 Å². The van der Waals surface area contributed by atoms with Crippen molar-refractivity contribution in [2.45, 2.75) is 57.2 Å². The van der Waals surface area contributed by atoms with Gasteiger partial charge in [-0.2, -0.15) is 0 Å². The average molecular weight is 465 g/mol. The Labute approximate surface area is 199 Å². The molecule has 3 aromatic rings. The number of rotatable bonds is 6. The third-order valence-corrected chi connectivity index (χ3v) is 6.24. The van der Waals surface area contributed by atoms with Crippen molar-refractivity contribution in [3.8, 4) is 0 Å². The van der Waals surface area contributed by atoms with Crippen molar-refractivity contribution in [1.29, 1.82) is 0 Å². The van der Waals surface area contributed by atoms with Crippen molar-refractivity contribution in [2.24, 2.45) is 0 Å². The first kappa shape index (κ1) is 23.1. The molecule has 0 radical (unpaired) electrons. The lowest BCUT2D eigenvalue weighted by Gasteiger charge is -2.44. The SMILES string of the molecule is F[C@@H]1OC2COCc3ccccc3CO[C@@H](C1OCc1ccccc1)[C@H]2OCc1ccccc1. The predicted octanol–water partition coefficient (Wildman–Crippen LogP) is 4.97. The highest BCUT2D eigenvalue weighted by atomic mass is 19.1. The minimum Gasteiger partial charge on any atom is -0.374 e. The Kier molecular flexibility index (Phi) is 7.63. The second kappa shape index (κ2) is 11.2. The van der Waals surface area contributed by atoms with E-state index in [9.17, 15) is 0 Å². The molecule has 1 saturated heterocycles. The number of hydrogen-bond donors (Lipinski definition) is 0. The molecule has 5 rings (SSSR count). The molecule has 2 bridgehead atoms.